The predicted molar refractivity (Wildman–Crippen MR) is 64.6 cm³/mol. The first kappa shape index (κ1) is 13.6. The van der Waals surface area contributed by atoms with Crippen molar-refractivity contribution in [1.82, 2.24) is 0 Å². The van der Waals surface area contributed by atoms with Gasteiger partial charge in [-0.1, -0.05) is 0 Å². The summed E-state index contributed by atoms with van der Waals surface area (Å²) in [7, 11) is 1.49. The van der Waals surface area contributed by atoms with Crippen LogP contribution in [0.25, 0.3) is 0 Å². The third-order valence-electron chi connectivity index (χ3n) is 2.22. The molecular weight excluding hydrogens is 234 g/mol. The molecule has 5 nitrogen and oxygen atoms in total. The van der Waals surface area contributed by atoms with E-state index >= 15 is 0 Å². The highest BCUT2D eigenvalue weighted by Crippen LogP contribution is 2.22. The van der Waals surface area contributed by atoms with Crippen LogP contribution in [0.2, 0.25) is 0 Å². The number of ether oxygens (including phenoxy) is 2. The highest BCUT2D eigenvalue weighted by atomic mass is 16.5. The van der Waals surface area contributed by atoms with Crippen LogP contribution in [-0.4, -0.2) is 24.8 Å². The molecule has 18 heavy (non-hydrogen) atoms. The molecule has 0 aliphatic heterocycles. The number of benzene rings is 1. The predicted octanol–water partition coefficient (Wildman–Crippen LogP) is 1.98. The summed E-state index contributed by atoms with van der Waals surface area (Å²) >= 11 is 0. The SMILES string of the molecule is COc1cc(C#N)cc(OC/C=C(/C)C(=O)O)c1. The average molecular weight is 247 g/mol. The van der Waals surface area contributed by atoms with Crippen molar-refractivity contribution in [3.05, 3.63) is 35.4 Å². The lowest BCUT2D eigenvalue weighted by Gasteiger charge is -2.06. The van der Waals surface area contributed by atoms with Crippen molar-refractivity contribution in [1.29, 1.82) is 5.26 Å². The van der Waals surface area contributed by atoms with E-state index in [-0.39, 0.29) is 12.2 Å². The van der Waals surface area contributed by atoms with E-state index in [0.717, 1.165) is 0 Å². The smallest absolute Gasteiger partial charge is 0.331 e. The van der Waals surface area contributed by atoms with Crippen molar-refractivity contribution in [2.75, 3.05) is 13.7 Å². The van der Waals surface area contributed by atoms with Gasteiger partial charge in [0, 0.05) is 11.6 Å². The summed E-state index contributed by atoms with van der Waals surface area (Å²) in [5.74, 6) is -0.00900. The molecule has 0 heterocycles. The van der Waals surface area contributed by atoms with Gasteiger partial charge in [0.05, 0.1) is 18.7 Å². The Morgan fingerprint density at radius 3 is 2.67 bits per heavy atom. The standard InChI is InChI=1S/C13H13NO4/c1-9(13(15)16)3-4-18-12-6-10(8-14)5-11(7-12)17-2/h3,5-7H,4H2,1-2H3,(H,15,16)/b9-3-. The van der Waals surface area contributed by atoms with Gasteiger partial charge in [-0.2, -0.15) is 5.26 Å². The fourth-order valence-electron chi connectivity index (χ4n) is 1.19. The zero-order valence-corrected chi connectivity index (χ0v) is 10.1. The molecule has 1 aromatic rings. The van der Waals surface area contributed by atoms with Gasteiger partial charge in [-0.15, -0.1) is 0 Å². The van der Waals surface area contributed by atoms with Crippen LogP contribution in [0, 0.1) is 11.3 Å². The first-order chi connectivity index (χ1) is 8.56. The van der Waals surface area contributed by atoms with Crippen molar-refractivity contribution >= 4 is 5.97 Å². The number of nitrogens with zero attached hydrogens (tertiary/aromatic N) is 1. The number of carboxylic acids is 1. The fourth-order valence-corrected chi connectivity index (χ4v) is 1.19. The summed E-state index contributed by atoms with van der Waals surface area (Å²) in [5.41, 5.74) is 0.627. The molecule has 94 valence electrons. The van der Waals surface area contributed by atoms with Crippen molar-refractivity contribution < 1.29 is 19.4 Å². The number of aliphatic carboxylic acids is 1. The summed E-state index contributed by atoms with van der Waals surface area (Å²) in [5, 5.41) is 17.5. The highest BCUT2D eigenvalue weighted by Gasteiger charge is 2.02. The largest absolute Gasteiger partial charge is 0.497 e. The van der Waals surface area contributed by atoms with E-state index in [4.69, 9.17) is 19.8 Å². The number of hydrogen-bond acceptors (Lipinski definition) is 4. The van der Waals surface area contributed by atoms with Crippen LogP contribution >= 0.6 is 0 Å². The lowest BCUT2D eigenvalue weighted by atomic mass is 10.2. The summed E-state index contributed by atoms with van der Waals surface area (Å²) < 4.78 is 10.4. The lowest BCUT2D eigenvalue weighted by Crippen LogP contribution is -2.01. The Morgan fingerprint density at radius 1 is 1.44 bits per heavy atom. The Kier molecular flexibility index (Phi) is 4.76. The van der Waals surface area contributed by atoms with Gasteiger partial charge in [0.1, 0.15) is 18.1 Å². The summed E-state index contributed by atoms with van der Waals surface area (Å²) in [6.07, 6.45) is 1.45. The molecule has 0 aliphatic rings. The molecule has 1 rings (SSSR count). The molecule has 1 aromatic carbocycles. The Balaban J connectivity index is 2.76. The highest BCUT2D eigenvalue weighted by molar-refractivity contribution is 5.85. The Hall–Kier alpha value is -2.48. The van der Waals surface area contributed by atoms with E-state index in [2.05, 4.69) is 0 Å². The van der Waals surface area contributed by atoms with Crippen LogP contribution in [-0.2, 0) is 4.79 Å². The number of carbonyl (C=O) groups is 1. The van der Waals surface area contributed by atoms with E-state index in [1.165, 1.54) is 20.1 Å². The minimum atomic E-state index is -0.984. The zero-order valence-electron chi connectivity index (χ0n) is 10.1. The second-order valence-electron chi connectivity index (χ2n) is 3.51. The number of carboxylic acid groups (broad SMARTS) is 1. The van der Waals surface area contributed by atoms with Crippen molar-refractivity contribution in [3.63, 3.8) is 0 Å². The molecule has 0 bridgehead atoms. The van der Waals surface area contributed by atoms with E-state index in [9.17, 15) is 4.79 Å². The number of nitriles is 1. The maximum atomic E-state index is 10.6. The van der Waals surface area contributed by atoms with Gasteiger partial charge in [0.2, 0.25) is 0 Å². The molecular formula is C13H13NO4. The van der Waals surface area contributed by atoms with Crippen LogP contribution in [0.1, 0.15) is 12.5 Å². The number of hydrogen-bond donors (Lipinski definition) is 1. The minimum Gasteiger partial charge on any atom is -0.497 e. The summed E-state index contributed by atoms with van der Waals surface area (Å²) in [6.45, 7) is 1.61. The van der Waals surface area contributed by atoms with Gasteiger partial charge < -0.3 is 14.6 Å². The zero-order chi connectivity index (χ0) is 13.5. The second kappa shape index (κ2) is 6.30. The van der Waals surface area contributed by atoms with Crippen molar-refractivity contribution in [2.45, 2.75) is 6.92 Å². The third-order valence-corrected chi connectivity index (χ3v) is 2.22. The van der Waals surface area contributed by atoms with E-state index in [1.807, 2.05) is 6.07 Å². The monoisotopic (exact) mass is 247 g/mol. The Bertz CT molecular complexity index is 514. The topological polar surface area (TPSA) is 79.5 Å². The van der Waals surface area contributed by atoms with E-state index in [0.29, 0.717) is 17.1 Å². The maximum absolute atomic E-state index is 10.6. The van der Waals surface area contributed by atoms with E-state index < -0.39 is 5.97 Å². The van der Waals surface area contributed by atoms with Gasteiger partial charge in [0.25, 0.3) is 0 Å². The minimum absolute atomic E-state index is 0.121. The maximum Gasteiger partial charge on any atom is 0.331 e. The molecule has 0 saturated carbocycles. The van der Waals surface area contributed by atoms with Gasteiger partial charge >= 0.3 is 5.97 Å². The van der Waals surface area contributed by atoms with Gasteiger partial charge in [-0.05, 0) is 25.1 Å². The summed E-state index contributed by atoms with van der Waals surface area (Å²) in [4.78, 5) is 10.6. The number of methoxy groups -OCH3 is 1. The molecule has 0 aliphatic carbocycles. The molecule has 5 heteroatoms. The molecule has 0 saturated heterocycles. The molecule has 0 aromatic heterocycles. The first-order valence-electron chi connectivity index (χ1n) is 5.19. The Labute approximate surface area is 105 Å². The molecule has 0 atom stereocenters. The van der Waals surface area contributed by atoms with Crippen LogP contribution in [0.15, 0.2) is 29.8 Å². The van der Waals surface area contributed by atoms with E-state index in [1.54, 1.807) is 18.2 Å². The van der Waals surface area contributed by atoms with Crippen LogP contribution in [0.4, 0.5) is 0 Å². The molecule has 0 unspecified atom stereocenters. The molecule has 0 amide bonds. The average Bonchev–Trinajstić information content (AvgIpc) is 2.37. The van der Waals surface area contributed by atoms with Crippen LogP contribution in [0.5, 0.6) is 11.5 Å². The molecule has 0 radical (unpaired) electrons. The third kappa shape index (κ3) is 3.83. The Morgan fingerprint density at radius 2 is 2.11 bits per heavy atom. The molecule has 0 fully saturated rings. The fraction of sp³-hybridized carbons (Fsp3) is 0.231. The van der Waals surface area contributed by atoms with Crippen LogP contribution in [0.3, 0.4) is 0 Å². The second-order valence-corrected chi connectivity index (χ2v) is 3.51. The molecule has 1 N–H and O–H groups in total. The van der Waals surface area contributed by atoms with Gasteiger partial charge in [-0.3, -0.25) is 0 Å². The first-order valence-corrected chi connectivity index (χ1v) is 5.19. The van der Waals surface area contributed by atoms with Crippen molar-refractivity contribution in [3.8, 4) is 17.6 Å². The van der Waals surface area contributed by atoms with Crippen molar-refractivity contribution in [2.24, 2.45) is 0 Å². The quantitative estimate of drug-likeness (QED) is 0.805. The lowest BCUT2D eigenvalue weighted by molar-refractivity contribution is -0.132. The normalized spacial score (nSPS) is 10.6. The van der Waals surface area contributed by atoms with Gasteiger partial charge in [0.15, 0.2) is 0 Å². The molecule has 0 spiro atoms. The van der Waals surface area contributed by atoms with Crippen LogP contribution < -0.4 is 9.47 Å². The summed E-state index contributed by atoms with van der Waals surface area (Å²) in [6, 6.07) is 6.77. The van der Waals surface area contributed by atoms with Gasteiger partial charge in [-0.25, -0.2) is 4.79 Å². The number of rotatable bonds is 5.